The molecule has 2 atom stereocenters. The lowest BCUT2D eigenvalue weighted by molar-refractivity contribution is -0.126. The summed E-state index contributed by atoms with van der Waals surface area (Å²) >= 11 is 0. The highest BCUT2D eigenvalue weighted by molar-refractivity contribution is 5.83. The van der Waals surface area contributed by atoms with Crippen LogP contribution in [0.15, 0.2) is 0 Å². The minimum Gasteiger partial charge on any atom is -0.373 e. The van der Waals surface area contributed by atoms with Crippen LogP contribution >= 0.6 is 0 Å². The molecular formula is C11H24N2O2. The van der Waals surface area contributed by atoms with Crippen molar-refractivity contribution in [3.8, 4) is 0 Å². The molecule has 90 valence electrons. The zero-order chi connectivity index (χ0) is 12.3. The number of hydrogen-bond acceptors (Lipinski definition) is 3. The monoisotopic (exact) mass is 216 g/mol. The van der Waals surface area contributed by atoms with E-state index in [0.717, 1.165) is 6.42 Å². The average Bonchev–Trinajstić information content (AvgIpc) is 2.01. The van der Waals surface area contributed by atoms with Gasteiger partial charge in [0.1, 0.15) is 0 Å². The van der Waals surface area contributed by atoms with Gasteiger partial charge >= 0.3 is 0 Å². The molecule has 0 radical (unpaired) electrons. The summed E-state index contributed by atoms with van der Waals surface area (Å²) in [6, 6.07) is 0. The van der Waals surface area contributed by atoms with E-state index in [1.807, 2.05) is 20.8 Å². The second kappa shape index (κ2) is 4.94. The molecule has 2 unspecified atom stereocenters. The molecule has 0 heterocycles. The summed E-state index contributed by atoms with van der Waals surface area (Å²) in [5.74, 6) is -0.493. The lowest BCUT2D eigenvalue weighted by Gasteiger charge is -2.31. The van der Waals surface area contributed by atoms with Gasteiger partial charge in [0, 0.05) is 0 Å². The maximum atomic E-state index is 11.0. The van der Waals surface area contributed by atoms with E-state index >= 15 is 0 Å². The van der Waals surface area contributed by atoms with Crippen molar-refractivity contribution in [2.75, 3.05) is 0 Å². The number of nitrogens with two attached hydrogens (primary N) is 2. The first-order valence-corrected chi connectivity index (χ1v) is 5.37. The zero-order valence-electron chi connectivity index (χ0n) is 10.5. The predicted molar refractivity (Wildman–Crippen MR) is 61.3 cm³/mol. The largest absolute Gasteiger partial charge is 0.373 e. The molecule has 1 amide bonds. The van der Waals surface area contributed by atoms with E-state index in [9.17, 15) is 4.79 Å². The van der Waals surface area contributed by atoms with Gasteiger partial charge in [-0.2, -0.15) is 0 Å². The van der Waals surface area contributed by atoms with Crippen molar-refractivity contribution in [2.45, 2.75) is 64.7 Å². The minimum atomic E-state index is -0.997. The molecule has 0 aliphatic carbocycles. The molecule has 0 bridgehead atoms. The summed E-state index contributed by atoms with van der Waals surface area (Å²) in [6.07, 6.45) is 1.27. The van der Waals surface area contributed by atoms with Crippen LogP contribution in [0.4, 0.5) is 0 Å². The molecule has 0 aliphatic heterocycles. The summed E-state index contributed by atoms with van der Waals surface area (Å²) < 4.78 is 5.79. The zero-order valence-corrected chi connectivity index (χ0v) is 10.5. The van der Waals surface area contributed by atoms with Crippen LogP contribution in [0.5, 0.6) is 0 Å². The summed E-state index contributed by atoms with van der Waals surface area (Å²) in [7, 11) is 0. The maximum absolute atomic E-state index is 11.0. The van der Waals surface area contributed by atoms with Crippen molar-refractivity contribution in [2.24, 2.45) is 11.5 Å². The Kier molecular flexibility index (Phi) is 4.74. The van der Waals surface area contributed by atoms with Gasteiger partial charge in [-0.15, -0.1) is 0 Å². The van der Waals surface area contributed by atoms with Gasteiger partial charge in [0.25, 0.3) is 0 Å². The third-order valence-corrected chi connectivity index (χ3v) is 2.65. The molecule has 4 nitrogen and oxygen atoms in total. The molecule has 4 heteroatoms. The summed E-state index contributed by atoms with van der Waals surface area (Å²) in [5.41, 5.74) is 9.78. The molecule has 0 fully saturated rings. The van der Waals surface area contributed by atoms with E-state index in [0.29, 0.717) is 6.42 Å². The third kappa shape index (κ3) is 5.14. The standard InChI is InChI=1S/C11H24N2O2/c1-6-10(3,4)15-8(2)7-11(5,13)9(12)14/h8H,6-7,13H2,1-5H3,(H2,12,14). The molecule has 0 aromatic heterocycles. The topological polar surface area (TPSA) is 78.3 Å². The molecule has 0 saturated heterocycles. The summed E-state index contributed by atoms with van der Waals surface area (Å²) in [4.78, 5) is 11.0. The van der Waals surface area contributed by atoms with Gasteiger partial charge in [0.2, 0.25) is 5.91 Å². The van der Waals surface area contributed by atoms with Crippen molar-refractivity contribution in [1.82, 2.24) is 0 Å². The predicted octanol–water partition coefficient (Wildman–Crippen LogP) is 1.17. The Morgan fingerprint density at radius 3 is 2.20 bits per heavy atom. The van der Waals surface area contributed by atoms with Crippen molar-refractivity contribution >= 4 is 5.91 Å². The molecule has 4 N–H and O–H groups in total. The number of hydrogen-bond donors (Lipinski definition) is 2. The van der Waals surface area contributed by atoms with Gasteiger partial charge < -0.3 is 16.2 Å². The van der Waals surface area contributed by atoms with Crippen LogP contribution in [0.3, 0.4) is 0 Å². The highest BCUT2D eigenvalue weighted by Gasteiger charge is 2.30. The Morgan fingerprint density at radius 2 is 1.87 bits per heavy atom. The van der Waals surface area contributed by atoms with Crippen LogP contribution < -0.4 is 11.5 Å². The van der Waals surface area contributed by atoms with E-state index in [4.69, 9.17) is 16.2 Å². The molecule has 0 aromatic carbocycles. The van der Waals surface area contributed by atoms with Crippen LogP contribution in [0, 0.1) is 0 Å². The fourth-order valence-corrected chi connectivity index (χ4v) is 1.37. The van der Waals surface area contributed by atoms with Crippen LogP contribution in [-0.2, 0) is 9.53 Å². The Labute approximate surface area is 92.3 Å². The van der Waals surface area contributed by atoms with Crippen molar-refractivity contribution in [3.63, 3.8) is 0 Å². The minimum absolute atomic E-state index is 0.0811. The van der Waals surface area contributed by atoms with Gasteiger partial charge in [0.15, 0.2) is 0 Å². The van der Waals surface area contributed by atoms with Gasteiger partial charge in [0.05, 0.1) is 17.2 Å². The molecule has 0 spiro atoms. The van der Waals surface area contributed by atoms with Gasteiger partial charge in [-0.25, -0.2) is 0 Å². The molecule has 0 rings (SSSR count). The van der Waals surface area contributed by atoms with Crippen LogP contribution in [0.1, 0.15) is 47.5 Å². The highest BCUT2D eigenvalue weighted by Crippen LogP contribution is 2.20. The van der Waals surface area contributed by atoms with Crippen LogP contribution in [0.2, 0.25) is 0 Å². The number of amides is 1. The van der Waals surface area contributed by atoms with E-state index in [2.05, 4.69) is 6.92 Å². The van der Waals surface area contributed by atoms with Gasteiger partial charge in [-0.05, 0) is 40.5 Å². The average molecular weight is 216 g/mol. The van der Waals surface area contributed by atoms with Crippen molar-refractivity contribution in [3.05, 3.63) is 0 Å². The number of ether oxygens (including phenoxy) is 1. The van der Waals surface area contributed by atoms with Crippen LogP contribution in [-0.4, -0.2) is 23.2 Å². The second-order valence-electron chi connectivity index (χ2n) is 5.03. The quantitative estimate of drug-likeness (QED) is 0.699. The smallest absolute Gasteiger partial charge is 0.237 e. The van der Waals surface area contributed by atoms with Crippen LogP contribution in [0.25, 0.3) is 0 Å². The van der Waals surface area contributed by atoms with Crippen molar-refractivity contribution < 1.29 is 9.53 Å². The van der Waals surface area contributed by atoms with E-state index in [1.165, 1.54) is 0 Å². The van der Waals surface area contributed by atoms with Gasteiger partial charge in [-0.3, -0.25) is 4.79 Å². The fourth-order valence-electron chi connectivity index (χ4n) is 1.37. The second-order valence-corrected chi connectivity index (χ2v) is 5.03. The summed E-state index contributed by atoms with van der Waals surface area (Å²) in [5, 5.41) is 0. The molecular weight excluding hydrogens is 192 g/mol. The lowest BCUT2D eigenvalue weighted by Crippen LogP contribution is -2.51. The SMILES string of the molecule is CCC(C)(C)OC(C)CC(C)(N)C(N)=O. The first-order valence-electron chi connectivity index (χ1n) is 5.37. The Bertz CT molecular complexity index is 225. The normalized spacial score (nSPS) is 18.3. The number of carbonyl (C=O) groups excluding carboxylic acids is 1. The fraction of sp³-hybridized carbons (Fsp3) is 0.909. The van der Waals surface area contributed by atoms with E-state index in [1.54, 1.807) is 6.92 Å². The van der Waals surface area contributed by atoms with Gasteiger partial charge in [-0.1, -0.05) is 6.92 Å². The Hall–Kier alpha value is -0.610. The first-order chi connectivity index (χ1) is 6.60. The van der Waals surface area contributed by atoms with E-state index in [-0.39, 0.29) is 11.7 Å². The number of primary amides is 1. The highest BCUT2D eigenvalue weighted by atomic mass is 16.5. The first kappa shape index (κ1) is 14.4. The Morgan fingerprint density at radius 1 is 1.40 bits per heavy atom. The molecule has 0 aromatic rings. The Balaban J connectivity index is 4.26. The molecule has 15 heavy (non-hydrogen) atoms. The maximum Gasteiger partial charge on any atom is 0.237 e. The molecule has 0 aliphatic rings. The van der Waals surface area contributed by atoms with Crippen molar-refractivity contribution in [1.29, 1.82) is 0 Å². The summed E-state index contributed by atoms with van der Waals surface area (Å²) in [6.45, 7) is 9.63. The molecule has 0 saturated carbocycles. The number of rotatable bonds is 6. The third-order valence-electron chi connectivity index (χ3n) is 2.65. The van der Waals surface area contributed by atoms with E-state index < -0.39 is 11.4 Å². The number of carbonyl (C=O) groups is 1. The lowest BCUT2D eigenvalue weighted by atomic mass is 9.95.